The molecule has 0 bridgehead atoms. The number of nitrogens with zero attached hydrogens (tertiary/aromatic N) is 3. The highest BCUT2D eigenvalue weighted by molar-refractivity contribution is 5.88. The quantitative estimate of drug-likeness (QED) is 0.782. The van der Waals surface area contributed by atoms with Gasteiger partial charge in [-0.15, -0.1) is 0 Å². The molecule has 2 aliphatic rings. The van der Waals surface area contributed by atoms with E-state index in [0.717, 1.165) is 45.1 Å². The molecule has 0 amide bonds. The van der Waals surface area contributed by atoms with Gasteiger partial charge in [0.05, 0.1) is 13.2 Å². The van der Waals surface area contributed by atoms with Gasteiger partial charge in [0.15, 0.2) is 0 Å². The van der Waals surface area contributed by atoms with Crippen molar-refractivity contribution in [2.75, 3.05) is 44.3 Å². The third kappa shape index (κ3) is 4.50. The van der Waals surface area contributed by atoms with E-state index in [9.17, 15) is 4.79 Å². The first-order chi connectivity index (χ1) is 11.8. The van der Waals surface area contributed by atoms with Crippen LogP contribution in [0.5, 0.6) is 0 Å². The largest absolute Gasteiger partial charge is 0.455 e. The summed E-state index contributed by atoms with van der Waals surface area (Å²) in [6.45, 7) is 13.5. The lowest BCUT2D eigenvalue weighted by Crippen LogP contribution is -2.46. The number of pyridine rings is 1. The van der Waals surface area contributed by atoms with Crippen LogP contribution in [-0.4, -0.2) is 66.9 Å². The smallest absolute Gasteiger partial charge is 0.357 e. The van der Waals surface area contributed by atoms with Crippen LogP contribution in [0.1, 0.15) is 38.2 Å². The Morgan fingerprint density at radius 3 is 2.68 bits per heavy atom. The lowest BCUT2D eigenvalue weighted by Gasteiger charge is -2.34. The van der Waals surface area contributed by atoms with Gasteiger partial charge in [0, 0.05) is 44.1 Å². The molecule has 2 aliphatic heterocycles. The van der Waals surface area contributed by atoms with Gasteiger partial charge in [-0.2, -0.15) is 0 Å². The van der Waals surface area contributed by atoms with Crippen LogP contribution in [0.15, 0.2) is 18.3 Å². The number of hydrogen-bond acceptors (Lipinski definition) is 6. The molecule has 0 saturated carbocycles. The summed E-state index contributed by atoms with van der Waals surface area (Å²) < 4.78 is 10.9. The summed E-state index contributed by atoms with van der Waals surface area (Å²) in [7, 11) is 0. The third-order valence-electron chi connectivity index (χ3n) is 4.80. The van der Waals surface area contributed by atoms with E-state index in [0.29, 0.717) is 17.7 Å². The second-order valence-corrected chi connectivity index (χ2v) is 8.00. The summed E-state index contributed by atoms with van der Waals surface area (Å²) in [6, 6.07) is 4.35. The molecule has 2 atom stereocenters. The summed E-state index contributed by atoms with van der Waals surface area (Å²) in [5, 5.41) is 0. The first-order valence-corrected chi connectivity index (χ1v) is 9.09. The topological polar surface area (TPSA) is 54.9 Å². The fourth-order valence-corrected chi connectivity index (χ4v) is 3.60. The van der Waals surface area contributed by atoms with Gasteiger partial charge in [0.25, 0.3) is 0 Å². The minimum atomic E-state index is -0.516. The molecule has 0 radical (unpaired) electrons. The monoisotopic (exact) mass is 347 g/mol. The van der Waals surface area contributed by atoms with E-state index < -0.39 is 5.60 Å². The summed E-state index contributed by atoms with van der Waals surface area (Å²) >= 11 is 0. The molecule has 3 rings (SSSR count). The van der Waals surface area contributed by atoms with Gasteiger partial charge in [-0.3, -0.25) is 4.90 Å². The Hall–Kier alpha value is -1.66. The second-order valence-electron chi connectivity index (χ2n) is 8.00. The average molecular weight is 347 g/mol. The number of aromatic nitrogens is 1. The van der Waals surface area contributed by atoms with Gasteiger partial charge in [-0.25, -0.2) is 9.78 Å². The van der Waals surface area contributed by atoms with Crippen molar-refractivity contribution in [2.24, 2.45) is 5.92 Å². The Bertz CT molecular complexity index is 608. The summed E-state index contributed by atoms with van der Waals surface area (Å²) in [5.74, 6) is 0.211. The third-order valence-corrected chi connectivity index (χ3v) is 4.80. The van der Waals surface area contributed by atoms with Crippen LogP contribution in [0.25, 0.3) is 0 Å². The van der Waals surface area contributed by atoms with Crippen molar-refractivity contribution in [3.8, 4) is 0 Å². The van der Waals surface area contributed by atoms with Crippen LogP contribution in [-0.2, 0) is 9.47 Å². The van der Waals surface area contributed by atoms with E-state index >= 15 is 0 Å². The standard InChI is InChI=1S/C19H29N3O3/c1-14-12-22(13-17(14)21-7-9-24-10-8-21)15-5-6-20-16(11-15)18(23)25-19(2,3)4/h5-6,11,14,17H,7-10,12-13H2,1-4H3. The van der Waals surface area contributed by atoms with Crippen molar-refractivity contribution in [2.45, 2.75) is 39.3 Å². The van der Waals surface area contributed by atoms with Crippen LogP contribution in [0.3, 0.4) is 0 Å². The highest BCUT2D eigenvalue weighted by atomic mass is 16.6. The number of anilines is 1. The van der Waals surface area contributed by atoms with Crippen molar-refractivity contribution < 1.29 is 14.3 Å². The molecular weight excluding hydrogens is 318 g/mol. The Morgan fingerprint density at radius 2 is 2.00 bits per heavy atom. The predicted molar refractivity (Wildman–Crippen MR) is 97.0 cm³/mol. The average Bonchev–Trinajstić information content (AvgIpc) is 2.96. The molecule has 0 aromatic carbocycles. The van der Waals surface area contributed by atoms with Gasteiger partial charge in [0.1, 0.15) is 11.3 Å². The van der Waals surface area contributed by atoms with Gasteiger partial charge in [-0.05, 0) is 38.8 Å². The fourth-order valence-electron chi connectivity index (χ4n) is 3.60. The van der Waals surface area contributed by atoms with Crippen molar-refractivity contribution in [3.05, 3.63) is 24.0 Å². The van der Waals surface area contributed by atoms with Crippen LogP contribution < -0.4 is 4.90 Å². The lowest BCUT2D eigenvalue weighted by atomic mass is 10.0. The maximum Gasteiger partial charge on any atom is 0.357 e. The van der Waals surface area contributed by atoms with Crippen molar-refractivity contribution in [1.29, 1.82) is 0 Å². The molecular formula is C19H29N3O3. The highest BCUT2D eigenvalue weighted by Crippen LogP contribution is 2.28. The summed E-state index contributed by atoms with van der Waals surface area (Å²) in [6.07, 6.45) is 1.70. The van der Waals surface area contributed by atoms with Crippen LogP contribution in [0.4, 0.5) is 5.69 Å². The molecule has 2 unspecified atom stereocenters. The molecule has 6 nitrogen and oxygen atoms in total. The number of hydrogen-bond donors (Lipinski definition) is 0. The number of rotatable bonds is 3. The second kappa shape index (κ2) is 7.30. The van der Waals surface area contributed by atoms with Gasteiger partial charge in [-0.1, -0.05) is 6.92 Å². The first-order valence-electron chi connectivity index (χ1n) is 9.09. The molecule has 6 heteroatoms. The molecule has 1 aromatic heterocycles. The van der Waals surface area contributed by atoms with Crippen molar-refractivity contribution in [3.63, 3.8) is 0 Å². The minimum absolute atomic E-state index is 0.369. The Morgan fingerprint density at radius 1 is 1.28 bits per heavy atom. The normalized spacial score (nSPS) is 25.2. The van der Waals surface area contributed by atoms with Crippen LogP contribution >= 0.6 is 0 Å². The van der Waals surface area contributed by atoms with Crippen LogP contribution in [0.2, 0.25) is 0 Å². The van der Waals surface area contributed by atoms with E-state index in [2.05, 4.69) is 21.7 Å². The Kier molecular flexibility index (Phi) is 5.29. The van der Waals surface area contributed by atoms with Gasteiger partial charge < -0.3 is 14.4 Å². The van der Waals surface area contributed by atoms with E-state index in [1.54, 1.807) is 6.20 Å². The Balaban J connectivity index is 1.70. The van der Waals surface area contributed by atoms with Crippen molar-refractivity contribution >= 4 is 11.7 Å². The maximum atomic E-state index is 12.3. The zero-order valence-corrected chi connectivity index (χ0v) is 15.7. The number of carbonyl (C=O) groups is 1. The Labute approximate surface area is 150 Å². The van der Waals surface area contributed by atoms with Gasteiger partial charge in [0.2, 0.25) is 0 Å². The van der Waals surface area contributed by atoms with Crippen LogP contribution in [0, 0.1) is 5.92 Å². The number of carbonyl (C=O) groups excluding carboxylic acids is 1. The fraction of sp³-hybridized carbons (Fsp3) is 0.684. The zero-order chi connectivity index (χ0) is 18.0. The first kappa shape index (κ1) is 18.1. The van der Waals surface area contributed by atoms with E-state index in [1.165, 1.54) is 0 Å². The zero-order valence-electron chi connectivity index (χ0n) is 15.7. The number of morpholine rings is 1. The van der Waals surface area contributed by atoms with E-state index in [-0.39, 0.29) is 5.97 Å². The number of esters is 1. The van der Waals surface area contributed by atoms with Crippen molar-refractivity contribution in [1.82, 2.24) is 9.88 Å². The van der Waals surface area contributed by atoms with Gasteiger partial charge >= 0.3 is 5.97 Å². The molecule has 0 N–H and O–H groups in total. The molecule has 1 aromatic rings. The molecule has 3 heterocycles. The number of ether oxygens (including phenoxy) is 2. The summed E-state index contributed by atoms with van der Waals surface area (Å²) in [4.78, 5) is 21.4. The molecule has 138 valence electrons. The lowest BCUT2D eigenvalue weighted by molar-refractivity contribution is 0.00627. The molecule has 2 fully saturated rings. The van der Waals surface area contributed by atoms with E-state index in [4.69, 9.17) is 9.47 Å². The molecule has 0 spiro atoms. The van der Waals surface area contributed by atoms with E-state index in [1.807, 2.05) is 32.9 Å². The minimum Gasteiger partial charge on any atom is -0.455 e. The molecule has 25 heavy (non-hydrogen) atoms. The SMILES string of the molecule is CC1CN(c2ccnc(C(=O)OC(C)(C)C)c2)CC1N1CCOCC1. The molecule has 2 saturated heterocycles. The summed E-state index contributed by atoms with van der Waals surface area (Å²) in [5.41, 5.74) is 0.895. The predicted octanol–water partition coefficient (Wildman–Crippen LogP) is 2.19. The maximum absolute atomic E-state index is 12.3. The molecule has 0 aliphatic carbocycles. The highest BCUT2D eigenvalue weighted by Gasteiger charge is 2.35.